The standard InChI is InChI=1S/C24H23N3O7/c1-24(2,3)17-7-9-18(10-8-17)32-15-21(28)26-25-14-16-5-4-6-19(13-16)33-23(29)20-11-12-22(34-20)27(30)31/h4-14H,15H2,1-3H3,(H,26,28)/b25-14-. The van der Waals surface area contributed by atoms with Gasteiger partial charge in [0.1, 0.15) is 16.4 Å². The molecule has 10 nitrogen and oxygen atoms in total. The third-order valence-electron chi connectivity index (χ3n) is 4.53. The number of nitrogens with one attached hydrogen (secondary N) is 1. The Morgan fingerprint density at radius 3 is 2.47 bits per heavy atom. The molecule has 0 fully saturated rings. The second-order valence-electron chi connectivity index (χ2n) is 8.21. The van der Waals surface area contributed by atoms with Crippen LogP contribution in [0.2, 0.25) is 0 Å². The number of benzene rings is 2. The summed E-state index contributed by atoms with van der Waals surface area (Å²) in [5.74, 6) is -1.45. The molecule has 10 heteroatoms. The summed E-state index contributed by atoms with van der Waals surface area (Å²) < 4.78 is 15.4. The van der Waals surface area contributed by atoms with Crippen LogP contribution in [0.3, 0.4) is 0 Å². The van der Waals surface area contributed by atoms with Crippen molar-refractivity contribution in [2.45, 2.75) is 26.2 Å². The maximum absolute atomic E-state index is 12.1. The topological polar surface area (TPSA) is 133 Å². The van der Waals surface area contributed by atoms with E-state index in [1.165, 1.54) is 18.3 Å². The third kappa shape index (κ3) is 6.76. The van der Waals surface area contributed by atoms with Crippen molar-refractivity contribution >= 4 is 24.0 Å². The van der Waals surface area contributed by atoms with Crippen LogP contribution >= 0.6 is 0 Å². The van der Waals surface area contributed by atoms with E-state index in [0.717, 1.165) is 17.7 Å². The SMILES string of the molecule is CC(C)(C)c1ccc(OCC(=O)N/N=C\c2cccc(OC(=O)c3ccc([N+](=O)[O-])o3)c2)cc1. The summed E-state index contributed by atoms with van der Waals surface area (Å²) in [6.07, 6.45) is 1.37. The van der Waals surface area contributed by atoms with Crippen LogP contribution in [0.5, 0.6) is 11.5 Å². The molecule has 176 valence electrons. The van der Waals surface area contributed by atoms with Gasteiger partial charge in [-0.25, -0.2) is 10.2 Å². The van der Waals surface area contributed by atoms with Crippen molar-refractivity contribution in [2.75, 3.05) is 6.61 Å². The van der Waals surface area contributed by atoms with Crippen LogP contribution in [0.4, 0.5) is 5.88 Å². The highest BCUT2D eigenvalue weighted by molar-refractivity contribution is 5.89. The van der Waals surface area contributed by atoms with Gasteiger partial charge in [0.25, 0.3) is 5.91 Å². The first-order valence-electron chi connectivity index (χ1n) is 10.2. The van der Waals surface area contributed by atoms with E-state index in [-0.39, 0.29) is 23.5 Å². The number of nitro groups is 1. The Morgan fingerprint density at radius 2 is 1.82 bits per heavy atom. The molecular weight excluding hydrogens is 442 g/mol. The zero-order valence-corrected chi connectivity index (χ0v) is 18.8. The van der Waals surface area contributed by atoms with Gasteiger partial charge < -0.3 is 13.9 Å². The van der Waals surface area contributed by atoms with E-state index in [1.54, 1.807) is 12.1 Å². The molecule has 0 aliphatic rings. The molecule has 34 heavy (non-hydrogen) atoms. The number of amides is 1. The molecule has 1 aromatic heterocycles. The number of hydrazone groups is 1. The van der Waals surface area contributed by atoms with Crippen LogP contribution in [0.15, 0.2) is 70.2 Å². The predicted molar refractivity (Wildman–Crippen MR) is 123 cm³/mol. The molecule has 0 aliphatic carbocycles. The fourth-order valence-corrected chi connectivity index (χ4v) is 2.76. The highest BCUT2D eigenvalue weighted by Gasteiger charge is 2.19. The molecule has 0 saturated carbocycles. The minimum absolute atomic E-state index is 0.0276. The van der Waals surface area contributed by atoms with Crippen LogP contribution in [-0.4, -0.2) is 29.6 Å². The van der Waals surface area contributed by atoms with E-state index >= 15 is 0 Å². The van der Waals surface area contributed by atoms with Crippen molar-refractivity contribution in [3.05, 3.63) is 87.7 Å². The number of nitrogens with zero attached hydrogens (tertiary/aromatic N) is 2. The Bertz CT molecular complexity index is 1210. The van der Waals surface area contributed by atoms with Gasteiger partial charge in [0, 0.05) is 0 Å². The number of esters is 1. The third-order valence-corrected chi connectivity index (χ3v) is 4.53. The molecule has 0 aliphatic heterocycles. The second kappa shape index (κ2) is 10.4. The first-order chi connectivity index (χ1) is 16.1. The monoisotopic (exact) mass is 465 g/mol. The van der Waals surface area contributed by atoms with Crippen molar-refractivity contribution in [3.8, 4) is 11.5 Å². The fraction of sp³-hybridized carbons (Fsp3) is 0.208. The van der Waals surface area contributed by atoms with Crippen LogP contribution in [-0.2, 0) is 10.2 Å². The van der Waals surface area contributed by atoms with Gasteiger partial charge in [-0.3, -0.25) is 14.9 Å². The smallest absolute Gasteiger partial charge is 0.433 e. The van der Waals surface area contributed by atoms with Crippen molar-refractivity contribution in [1.29, 1.82) is 0 Å². The quantitative estimate of drug-likeness (QED) is 0.173. The molecular formula is C24H23N3O7. The highest BCUT2D eigenvalue weighted by atomic mass is 16.7. The average molecular weight is 465 g/mol. The Labute approximate surface area is 195 Å². The number of rotatable bonds is 8. The molecule has 0 radical (unpaired) electrons. The summed E-state index contributed by atoms with van der Waals surface area (Å²) in [7, 11) is 0. The molecule has 0 saturated heterocycles. The van der Waals surface area contributed by atoms with Crippen molar-refractivity contribution in [1.82, 2.24) is 5.43 Å². The molecule has 3 rings (SSSR count). The molecule has 1 N–H and O–H groups in total. The van der Waals surface area contributed by atoms with Crippen molar-refractivity contribution < 1.29 is 28.4 Å². The normalized spacial score (nSPS) is 11.3. The molecule has 0 unspecified atom stereocenters. The van der Waals surface area contributed by atoms with Crippen LogP contribution in [0.25, 0.3) is 0 Å². The van der Waals surface area contributed by atoms with Crippen molar-refractivity contribution in [3.63, 3.8) is 0 Å². The summed E-state index contributed by atoms with van der Waals surface area (Å²) in [5.41, 5.74) is 4.08. The fourth-order valence-electron chi connectivity index (χ4n) is 2.76. The number of hydrogen-bond acceptors (Lipinski definition) is 8. The molecule has 0 bridgehead atoms. The summed E-state index contributed by atoms with van der Waals surface area (Å²) >= 11 is 0. The lowest BCUT2D eigenvalue weighted by molar-refractivity contribution is -0.402. The maximum atomic E-state index is 12.1. The van der Waals surface area contributed by atoms with Gasteiger partial charge in [-0.2, -0.15) is 5.10 Å². The van der Waals surface area contributed by atoms with Crippen molar-refractivity contribution in [2.24, 2.45) is 5.10 Å². The number of hydrogen-bond donors (Lipinski definition) is 1. The zero-order chi connectivity index (χ0) is 24.7. The van der Waals surface area contributed by atoms with E-state index in [2.05, 4.69) is 31.3 Å². The van der Waals surface area contributed by atoms with Gasteiger partial charge >= 0.3 is 11.9 Å². The molecule has 1 heterocycles. The summed E-state index contributed by atoms with van der Waals surface area (Å²) in [4.78, 5) is 34.0. The molecule has 2 aromatic carbocycles. The summed E-state index contributed by atoms with van der Waals surface area (Å²) in [5, 5.41) is 14.5. The van der Waals surface area contributed by atoms with E-state index in [4.69, 9.17) is 13.9 Å². The molecule has 3 aromatic rings. The van der Waals surface area contributed by atoms with Gasteiger partial charge in [-0.05, 0) is 46.9 Å². The van der Waals surface area contributed by atoms with Gasteiger partial charge in [-0.1, -0.05) is 45.0 Å². The molecule has 1 amide bonds. The minimum atomic E-state index is -0.886. The van der Waals surface area contributed by atoms with Crippen LogP contribution < -0.4 is 14.9 Å². The summed E-state index contributed by atoms with van der Waals surface area (Å²) in [6.45, 7) is 6.13. The zero-order valence-electron chi connectivity index (χ0n) is 18.8. The Balaban J connectivity index is 1.49. The Morgan fingerprint density at radius 1 is 1.09 bits per heavy atom. The number of furan rings is 1. The Hall–Kier alpha value is -4.47. The first kappa shape index (κ1) is 24.2. The number of carbonyl (C=O) groups is 2. The van der Waals surface area contributed by atoms with Gasteiger partial charge in [0.15, 0.2) is 6.61 Å². The van der Waals surface area contributed by atoms with Crippen LogP contribution in [0.1, 0.15) is 42.5 Å². The lowest BCUT2D eigenvalue weighted by Crippen LogP contribution is -2.24. The summed E-state index contributed by atoms with van der Waals surface area (Å²) in [6, 6.07) is 16.1. The lowest BCUT2D eigenvalue weighted by atomic mass is 9.87. The first-order valence-corrected chi connectivity index (χ1v) is 10.2. The van der Waals surface area contributed by atoms with E-state index in [1.807, 2.05) is 24.3 Å². The molecule has 0 atom stereocenters. The van der Waals surface area contributed by atoms with Gasteiger partial charge in [-0.15, -0.1) is 0 Å². The van der Waals surface area contributed by atoms with Gasteiger partial charge in [0.2, 0.25) is 5.76 Å². The predicted octanol–water partition coefficient (Wildman–Crippen LogP) is 4.23. The van der Waals surface area contributed by atoms with Gasteiger partial charge in [0.05, 0.1) is 12.3 Å². The number of ether oxygens (including phenoxy) is 2. The number of carbonyl (C=O) groups excluding carboxylic acids is 2. The highest BCUT2D eigenvalue weighted by Crippen LogP contribution is 2.24. The lowest BCUT2D eigenvalue weighted by Gasteiger charge is -2.19. The second-order valence-corrected chi connectivity index (χ2v) is 8.21. The van der Waals surface area contributed by atoms with E-state index in [9.17, 15) is 19.7 Å². The average Bonchev–Trinajstić information content (AvgIpc) is 3.29. The minimum Gasteiger partial charge on any atom is -0.484 e. The van der Waals surface area contributed by atoms with E-state index < -0.39 is 22.7 Å². The Kier molecular flexibility index (Phi) is 7.42. The molecule has 0 spiro atoms. The maximum Gasteiger partial charge on any atom is 0.433 e. The largest absolute Gasteiger partial charge is 0.484 e. The van der Waals surface area contributed by atoms with Crippen LogP contribution in [0, 0.1) is 10.1 Å². The van der Waals surface area contributed by atoms with E-state index in [0.29, 0.717) is 11.3 Å².